The molecule has 2 heterocycles. The molecule has 0 saturated carbocycles. The molecular weight excluding hydrogens is 400 g/mol. The standard InChI is InChI=1S/C26H30N4S/c1-17-18(2)23(30-26-27-12-5-13-28-26)11-10-20(17)15-25-29-24(16-31-25)22-9-8-19-6-3-4-7-21(19)14-22/h8-11,14,16H,3-7,12-13,15H2,1-2H3,(H2,27,28,30). The van der Waals surface area contributed by atoms with Crippen LogP contribution < -0.4 is 10.6 Å². The highest BCUT2D eigenvalue weighted by atomic mass is 32.1. The second-order valence-electron chi connectivity index (χ2n) is 8.65. The molecule has 1 aliphatic carbocycles. The topological polar surface area (TPSA) is 49.3 Å². The summed E-state index contributed by atoms with van der Waals surface area (Å²) in [4.78, 5) is 9.52. The van der Waals surface area contributed by atoms with Gasteiger partial charge >= 0.3 is 0 Å². The molecule has 0 bridgehead atoms. The number of thiazole rings is 1. The third-order valence-electron chi connectivity index (χ3n) is 6.59. The van der Waals surface area contributed by atoms with Gasteiger partial charge in [-0.1, -0.05) is 18.2 Å². The number of benzene rings is 2. The van der Waals surface area contributed by atoms with E-state index in [9.17, 15) is 0 Å². The number of aryl methyl sites for hydroxylation is 2. The van der Waals surface area contributed by atoms with Gasteiger partial charge in [-0.3, -0.25) is 4.99 Å². The normalized spacial score (nSPS) is 15.7. The van der Waals surface area contributed by atoms with E-state index < -0.39 is 0 Å². The van der Waals surface area contributed by atoms with Gasteiger partial charge in [-0.15, -0.1) is 11.3 Å². The second kappa shape index (κ2) is 8.83. The molecule has 160 valence electrons. The van der Waals surface area contributed by atoms with Crippen LogP contribution in [0.15, 0.2) is 40.7 Å². The van der Waals surface area contributed by atoms with Gasteiger partial charge in [0.2, 0.25) is 0 Å². The molecular formula is C26H30N4S. The number of nitrogens with zero attached hydrogens (tertiary/aromatic N) is 2. The summed E-state index contributed by atoms with van der Waals surface area (Å²) in [6.45, 7) is 6.27. The van der Waals surface area contributed by atoms with Crippen LogP contribution in [0.25, 0.3) is 11.3 Å². The van der Waals surface area contributed by atoms with Gasteiger partial charge < -0.3 is 10.6 Å². The predicted octanol–water partition coefficient (Wildman–Crippen LogP) is 5.66. The van der Waals surface area contributed by atoms with E-state index in [-0.39, 0.29) is 0 Å². The molecule has 1 aliphatic heterocycles. The smallest absolute Gasteiger partial charge is 0.195 e. The first-order valence-corrected chi connectivity index (χ1v) is 12.3. The number of hydrogen-bond acceptors (Lipinski definition) is 5. The van der Waals surface area contributed by atoms with Crippen LogP contribution in [0.2, 0.25) is 0 Å². The fraction of sp³-hybridized carbons (Fsp3) is 0.385. The maximum atomic E-state index is 4.99. The van der Waals surface area contributed by atoms with Crippen molar-refractivity contribution in [2.24, 2.45) is 4.99 Å². The molecule has 0 radical (unpaired) electrons. The van der Waals surface area contributed by atoms with Crippen LogP contribution in [-0.4, -0.2) is 24.0 Å². The molecule has 2 aliphatic rings. The molecule has 0 fully saturated rings. The Morgan fingerprint density at radius 2 is 1.87 bits per heavy atom. The first-order chi connectivity index (χ1) is 15.2. The first kappa shape index (κ1) is 20.3. The Labute approximate surface area is 188 Å². The maximum Gasteiger partial charge on any atom is 0.195 e. The molecule has 0 saturated heterocycles. The van der Waals surface area contributed by atoms with Crippen molar-refractivity contribution in [3.63, 3.8) is 0 Å². The lowest BCUT2D eigenvalue weighted by Crippen LogP contribution is -2.35. The van der Waals surface area contributed by atoms with Crippen LogP contribution in [0, 0.1) is 13.8 Å². The summed E-state index contributed by atoms with van der Waals surface area (Å²) >= 11 is 1.77. The van der Waals surface area contributed by atoms with E-state index in [4.69, 9.17) is 4.98 Å². The minimum absolute atomic E-state index is 0.877. The zero-order valence-electron chi connectivity index (χ0n) is 18.4. The van der Waals surface area contributed by atoms with Gasteiger partial charge in [-0.05, 0) is 85.9 Å². The van der Waals surface area contributed by atoms with Crippen LogP contribution in [-0.2, 0) is 19.3 Å². The zero-order valence-corrected chi connectivity index (χ0v) is 19.2. The SMILES string of the molecule is Cc1c(Cc2nc(-c3ccc4c(c3)CCCC4)cs2)ccc(NC2=NCCCN2)c1C. The highest BCUT2D eigenvalue weighted by Crippen LogP contribution is 2.30. The average molecular weight is 431 g/mol. The number of anilines is 1. The third kappa shape index (κ3) is 4.38. The molecule has 2 aromatic carbocycles. The fourth-order valence-electron chi connectivity index (χ4n) is 4.53. The fourth-order valence-corrected chi connectivity index (χ4v) is 5.35. The molecule has 0 amide bonds. The summed E-state index contributed by atoms with van der Waals surface area (Å²) in [5, 5.41) is 10.2. The molecule has 5 heteroatoms. The molecule has 5 rings (SSSR count). The zero-order chi connectivity index (χ0) is 21.2. The third-order valence-corrected chi connectivity index (χ3v) is 7.44. The lowest BCUT2D eigenvalue weighted by molar-refractivity contribution is 0.686. The van der Waals surface area contributed by atoms with Crippen molar-refractivity contribution in [2.75, 3.05) is 18.4 Å². The van der Waals surface area contributed by atoms with E-state index in [0.717, 1.165) is 43.3 Å². The molecule has 3 aromatic rings. The summed E-state index contributed by atoms with van der Waals surface area (Å²) in [7, 11) is 0. The van der Waals surface area contributed by atoms with Gasteiger partial charge in [0.1, 0.15) is 0 Å². The van der Waals surface area contributed by atoms with Crippen LogP contribution in [0.3, 0.4) is 0 Å². The van der Waals surface area contributed by atoms with Crippen molar-refractivity contribution >= 4 is 23.0 Å². The number of hydrogen-bond donors (Lipinski definition) is 2. The number of nitrogens with one attached hydrogen (secondary N) is 2. The van der Waals surface area contributed by atoms with Crippen molar-refractivity contribution in [1.82, 2.24) is 10.3 Å². The molecule has 1 aromatic heterocycles. The first-order valence-electron chi connectivity index (χ1n) is 11.4. The number of aliphatic imine (C=N–C) groups is 1. The Kier molecular flexibility index (Phi) is 5.77. The quantitative estimate of drug-likeness (QED) is 0.562. The van der Waals surface area contributed by atoms with Gasteiger partial charge in [0, 0.05) is 36.1 Å². The molecule has 0 unspecified atom stereocenters. The van der Waals surface area contributed by atoms with Crippen molar-refractivity contribution in [1.29, 1.82) is 0 Å². The molecule has 0 atom stereocenters. The average Bonchev–Trinajstić information content (AvgIpc) is 3.28. The molecule has 31 heavy (non-hydrogen) atoms. The summed E-state index contributed by atoms with van der Waals surface area (Å²) < 4.78 is 0. The largest absolute Gasteiger partial charge is 0.356 e. The van der Waals surface area contributed by atoms with Crippen LogP contribution in [0.5, 0.6) is 0 Å². The van der Waals surface area contributed by atoms with Gasteiger partial charge in [-0.2, -0.15) is 0 Å². The number of rotatable bonds is 4. The number of fused-ring (bicyclic) bond motifs is 1. The molecule has 4 nitrogen and oxygen atoms in total. The van der Waals surface area contributed by atoms with E-state index >= 15 is 0 Å². The van der Waals surface area contributed by atoms with Crippen molar-refractivity contribution in [3.05, 3.63) is 68.5 Å². The van der Waals surface area contributed by atoms with Crippen LogP contribution in [0.1, 0.15) is 52.1 Å². The van der Waals surface area contributed by atoms with E-state index in [2.05, 4.69) is 65.2 Å². The highest BCUT2D eigenvalue weighted by molar-refractivity contribution is 7.10. The number of aromatic nitrogens is 1. The Hall–Kier alpha value is -2.66. The summed E-state index contributed by atoms with van der Waals surface area (Å²) in [5.74, 6) is 0.885. The number of guanidine groups is 1. The lowest BCUT2D eigenvalue weighted by atomic mass is 9.90. The second-order valence-corrected chi connectivity index (χ2v) is 9.59. The summed E-state index contributed by atoms with van der Waals surface area (Å²) in [6, 6.07) is 11.3. The van der Waals surface area contributed by atoms with Crippen molar-refractivity contribution < 1.29 is 0 Å². The van der Waals surface area contributed by atoms with Gasteiger partial charge in [0.25, 0.3) is 0 Å². The summed E-state index contributed by atoms with van der Waals surface area (Å²) in [6.07, 6.45) is 7.05. The summed E-state index contributed by atoms with van der Waals surface area (Å²) in [5.41, 5.74) is 10.5. The van der Waals surface area contributed by atoms with Gasteiger partial charge in [0.15, 0.2) is 5.96 Å². The maximum absolute atomic E-state index is 4.99. The van der Waals surface area contributed by atoms with Crippen LogP contribution >= 0.6 is 11.3 Å². The Morgan fingerprint density at radius 1 is 1.00 bits per heavy atom. The van der Waals surface area contributed by atoms with Gasteiger partial charge in [0.05, 0.1) is 10.7 Å². The Bertz CT molecular complexity index is 1130. The monoisotopic (exact) mass is 430 g/mol. The Morgan fingerprint density at radius 3 is 2.71 bits per heavy atom. The minimum atomic E-state index is 0.877. The van der Waals surface area contributed by atoms with E-state index in [1.165, 1.54) is 64.1 Å². The minimum Gasteiger partial charge on any atom is -0.356 e. The lowest BCUT2D eigenvalue weighted by Gasteiger charge is -2.19. The van der Waals surface area contributed by atoms with E-state index in [1.807, 2.05) is 0 Å². The molecule has 0 spiro atoms. The van der Waals surface area contributed by atoms with Gasteiger partial charge in [-0.25, -0.2) is 4.98 Å². The molecule has 2 N–H and O–H groups in total. The highest BCUT2D eigenvalue weighted by Gasteiger charge is 2.14. The van der Waals surface area contributed by atoms with E-state index in [0.29, 0.717) is 0 Å². The van der Waals surface area contributed by atoms with Crippen molar-refractivity contribution in [3.8, 4) is 11.3 Å². The van der Waals surface area contributed by atoms with E-state index in [1.54, 1.807) is 11.3 Å². The van der Waals surface area contributed by atoms with Crippen LogP contribution in [0.4, 0.5) is 5.69 Å². The predicted molar refractivity (Wildman–Crippen MR) is 131 cm³/mol. The van der Waals surface area contributed by atoms with Crippen molar-refractivity contribution in [2.45, 2.75) is 52.4 Å². The Balaban J connectivity index is 1.33.